The van der Waals surface area contributed by atoms with Crippen LogP contribution >= 0.6 is 0 Å². The largest absolute Gasteiger partial charge is 0.491 e. The van der Waals surface area contributed by atoms with E-state index < -0.39 is 12.9 Å². The van der Waals surface area contributed by atoms with Crippen LogP contribution in [0.15, 0.2) is 18.2 Å². The van der Waals surface area contributed by atoms with Gasteiger partial charge in [0, 0.05) is 12.1 Å². The molecule has 0 aliphatic rings. The van der Waals surface area contributed by atoms with E-state index >= 15 is 0 Å². The van der Waals surface area contributed by atoms with Gasteiger partial charge in [0.15, 0.2) is 0 Å². The van der Waals surface area contributed by atoms with Crippen LogP contribution in [0.2, 0.25) is 0 Å². The van der Waals surface area contributed by atoms with Crippen LogP contribution in [0.3, 0.4) is 0 Å². The fraction of sp³-hybridized carbons (Fsp3) is 0.571. The van der Waals surface area contributed by atoms with E-state index in [9.17, 15) is 4.39 Å². The van der Waals surface area contributed by atoms with Crippen molar-refractivity contribution < 1.29 is 19.2 Å². The number of rotatable bonds is 9. The van der Waals surface area contributed by atoms with E-state index in [1.54, 1.807) is 6.07 Å². The molecule has 19 heavy (non-hydrogen) atoms. The van der Waals surface area contributed by atoms with Gasteiger partial charge < -0.3 is 14.8 Å². The Labute approximate surface area is 114 Å². The van der Waals surface area contributed by atoms with Crippen molar-refractivity contribution in [2.24, 2.45) is 0 Å². The summed E-state index contributed by atoms with van der Waals surface area (Å²) < 4.78 is 18.7. The average Bonchev–Trinajstić information content (AvgIpc) is 2.39. The molecular weight excluding hydrogens is 246 g/mol. The van der Waals surface area contributed by atoms with E-state index in [4.69, 9.17) is 14.8 Å². The van der Waals surface area contributed by atoms with Gasteiger partial charge in [-0.15, -0.1) is 0 Å². The molecule has 0 atom stereocenters. The molecule has 1 aromatic carbocycles. The van der Waals surface area contributed by atoms with Crippen LogP contribution in [0.25, 0.3) is 0 Å². The van der Waals surface area contributed by atoms with Gasteiger partial charge in [-0.2, -0.15) is 0 Å². The van der Waals surface area contributed by atoms with Gasteiger partial charge in [0.05, 0.1) is 6.61 Å². The van der Waals surface area contributed by atoms with Crippen LogP contribution in [-0.2, 0) is 11.3 Å². The molecule has 3 nitrogen and oxygen atoms in total. The number of hydrogen-bond donors (Lipinski definition) is 2. The highest BCUT2D eigenvalue weighted by Gasteiger charge is 2.16. The first-order valence-electron chi connectivity index (χ1n) is 6.87. The molecule has 106 valence electrons. The Balaban J connectivity index is 2.28. The standard InChI is InChI=1S/C14H22BFO3/c1-2-3-4-5-6-9-19-11-12-7-8-14(16)13(10-12)15(17)18/h7-8,10,17-18H,2-6,9,11H2,1H3. The minimum Gasteiger partial charge on any atom is -0.423 e. The summed E-state index contributed by atoms with van der Waals surface area (Å²) >= 11 is 0. The van der Waals surface area contributed by atoms with Gasteiger partial charge in [-0.05, 0) is 18.1 Å². The smallest absolute Gasteiger partial charge is 0.423 e. The summed E-state index contributed by atoms with van der Waals surface area (Å²) in [6, 6.07) is 4.25. The van der Waals surface area contributed by atoms with Crippen molar-refractivity contribution >= 4 is 12.6 Å². The summed E-state index contributed by atoms with van der Waals surface area (Å²) in [7, 11) is -1.78. The third kappa shape index (κ3) is 6.19. The molecule has 2 N–H and O–H groups in total. The molecule has 0 amide bonds. The van der Waals surface area contributed by atoms with Gasteiger partial charge >= 0.3 is 7.12 Å². The zero-order valence-corrected chi connectivity index (χ0v) is 11.4. The summed E-state index contributed by atoms with van der Waals surface area (Å²) in [5.74, 6) is -0.613. The first-order chi connectivity index (χ1) is 9.15. The van der Waals surface area contributed by atoms with Crippen molar-refractivity contribution in [3.05, 3.63) is 29.6 Å². The van der Waals surface area contributed by atoms with Crippen LogP contribution in [0, 0.1) is 5.82 Å². The number of halogens is 1. The molecule has 0 bridgehead atoms. The monoisotopic (exact) mass is 268 g/mol. The highest BCUT2D eigenvalue weighted by Crippen LogP contribution is 2.06. The lowest BCUT2D eigenvalue weighted by atomic mass is 9.79. The van der Waals surface area contributed by atoms with Crippen molar-refractivity contribution in [2.75, 3.05) is 6.61 Å². The summed E-state index contributed by atoms with van der Waals surface area (Å²) in [6.07, 6.45) is 5.91. The molecule has 0 aromatic heterocycles. The first kappa shape index (κ1) is 16.2. The molecule has 0 spiro atoms. The van der Waals surface area contributed by atoms with E-state index in [0.717, 1.165) is 18.4 Å². The fourth-order valence-corrected chi connectivity index (χ4v) is 1.88. The second-order valence-electron chi connectivity index (χ2n) is 4.70. The van der Waals surface area contributed by atoms with Crippen LogP contribution in [0.1, 0.15) is 44.6 Å². The highest BCUT2D eigenvalue weighted by atomic mass is 19.1. The second kappa shape index (κ2) is 9.07. The SMILES string of the molecule is CCCCCCCOCc1ccc(F)c(B(O)O)c1. The Morgan fingerprint density at radius 1 is 1.16 bits per heavy atom. The molecule has 0 saturated heterocycles. The third-order valence-electron chi connectivity index (χ3n) is 3.00. The lowest BCUT2D eigenvalue weighted by molar-refractivity contribution is 0.116. The zero-order valence-electron chi connectivity index (χ0n) is 11.4. The summed E-state index contributed by atoms with van der Waals surface area (Å²) in [6.45, 7) is 3.23. The van der Waals surface area contributed by atoms with E-state index in [1.165, 1.54) is 31.4 Å². The van der Waals surface area contributed by atoms with Crippen molar-refractivity contribution in [2.45, 2.75) is 45.6 Å². The molecule has 0 aliphatic carbocycles. The molecule has 0 aliphatic heterocycles. The molecular formula is C14H22BFO3. The minimum absolute atomic E-state index is 0.107. The summed E-state index contributed by atoms with van der Waals surface area (Å²) in [5, 5.41) is 18.0. The van der Waals surface area contributed by atoms with E-state index in [2.05, 4.69) is 6.92 Å². The summed E-state index contributed by atoms with van der Waals surface area (Å²) in [5.41, 5.74) is 0.641. The quantitative estimate of drug-likeness (QED) is 0.532. The minimum atomic E-state index is -1.78. The number of benzene rings is 1. The number of ether oxygens (including phenoxy) is 1. The van der Waals surface area contributed by atoms with Crippen LogP contribution in [0.5, 0.6) is 0 Å². The third-order valence-corrected chi connectivity index (χ3v) is 3.00. The van der Waals surface area contributed by atoms with Crippen molar-refractivity contribution in [1.82, 2.24) is 0 Å². The Morgan fingerprint density at radius 3 is 2.58 bits per heavy atom. The van der Waals surface area contributed by atoms with Crippen molar-refractivity contribution in [3.63, 3.8) is 0 Å². The van der Waals surface area contributed by atoms with E-state index in [1.807, 2.05) is 0 Å². The maximum Gasteiger partial charge on any atom is 0.491 e. The second-order valence-corrected chi connectivity index (χ2v) is 4.70. The van der Waals surface area contributed by atoms with Gasteiger partial charge in [0.1, 0.15) is 5.82 Å². The van der Waals surface area contributed by atoms with Gasteiger partial charge in [0.25, 0.3) is 0 Å². The predicted molar refractivity (Wildman–Crippen MR) is 74.6 cm³/mol. The predicted octanol–water partition coefficient (Wildman–Crippen LogP) is 1.99. The summed E-state index contributed by atoms with van der Waals surface area (Å²) in [4.78, 5) is 0. The topological polar surface area (TPSA) is 49.7 Å². The fourth-order valence-electron chi connectivity index (χ4n) is 1.88. The average molecular weight is 268 g/mol. The highest BCUT2D eigenvalue weighted by molar-refractivity contribution is 6.58. The molecule has 0 heterocycles. The maximum absolute atomic E-state index is 13.2. The number of hydrogen-bond acceptors (Lipinski definition) is 3. The molecule has 1 rings (SSSR count). The molecule has 1 aromatic rings. The molecule has 0 fully saturated rings. The van der Waals surface area contributed by atoms with Gasteiger partial charge in [-0.25, -0.2) is 4.39 Å². The van der Waals surface area contributed by atoms with Gasteiger partial charge in [-0.1, -0.05) is 44.7 Å². The maximum atomic E-state index is 13.2. The van der Waals surface area contributed by atoms with Crippen LogP contribution in [0.4, 0.5) is 4.39 Å². The Bertz CT molecular complexity index is 372. The normalized spacial score (nSPS) is 10.7. The van der Waals surface area contributed by atoms with Gasteiger partial charge in [0.2, 0.25) is 0 Å². The molecule has 0 radical (unpaired) electrons. The molecule has 0 saturated carbocycles. The Kier molecular flexibility index (Phi) is 7.71. The lowest BCUT2D eigenvalue weighted by Crippen LogP contribution is -2.33. The lowest BCUT2D eigenvalue weighted by Gasteiger charge is -2.07. The van der Waals surface area contributed by atoms with E-state index in [-0.39, 0.29) is 5.46 Å². The van der Waals surface area contributed by atoms with Crippen molar-refractivity contribution in [1.29, 1.82) is 0 Å². The molecule has 0 unspecified atom stereocenters. The Hall–Kier alpha value is -0.905. The van der Waals surface area contributed by atoms with Gasteiger partial charge in [-0.3, -0.25) is 0 Å². The number of unbranched alkanes of at least 4 members (excludes halogenated alkanes) is 4. The van der Waals surface area contributed by atoms with Crippen molar-refractivity contribution in [3.8, 4) is 0 Å². The molecule has 5 heteroatoms. The van der Waals surface area contributed by atoms with E-state index in [0.29, 0.717) is 13.2 Å². The van der Waals surface area contributed by atoms with Crippen LogP contribution in [-0.4, -0.2) is 23.8 Å². The first-order valence-corrected chi connectivity index (χ1v) is 6.87. The Morgan fingerprint density at radius 2 is 1.89 bits per heavy atom. The van der Waals surface area contributed by atoms with Crippen LogP contribution < -0.4 is 5.46 Å². The zero-order chi connectivity index (χ0) is 14.1.